The first-order chi connectivity index (χ1) is 11.6. The van der Waals surface area contributed by atoms with Gasteiger partial charge in [0.15, 0.2) is 0 Å². The highest BCUT2D eigenvalue weighted by molar-refractivity contribution is 6.05. The normalized spacial score (nSPS) is 13.2. The van der Waals surface area contributed by atoms with Gasteiger partial charge in [0.1, 0.15) is 11.6 Å². The van der Waals surface area contributed by atoms with E-state index in [1.165, 1.54) is 25.3 Å². The quantitative estimate of drug-likeness (QED) is 0.883. The van der Waals surface area contributed by atoms with Crippen molar-refractivity contribution >= 4 is 23.2 Å². The van der Waals surface area contributed by atoms with Gasteiger partial charge in [0.25, 0.3) is 5.91 Å². The summed E-state index contributed by atoms with van der Waals surface area (Å²) in [6, 6.07) is 10.5. The molecule has 0 unspecified atom stereocenters. The molecular weight excluding hydrogens is 311 g/mol. The number of ether oxygens (including phenoxy) is 1. The number of benzene rings is 2. The van der Waals surface area contributed by atoms with Gasteiger partial charge in [-0.3, -0.25) is 9.59 Å². The van der Waals surface area contributed by atoms with E-state index in [4.69, 9.17) is 4.74 Å². The average Bonchev–Trinajstić information content (AvgIpc) is 3.42. The van der Waals surface area contributed by atoms with Crippen molar-refractivity contribution in [3.05, 3.63) is 53.8 Å². The Morgan fingerprint density at radius 1 is 1.08 bits per heavy atom. The van der Waals surface area contributed by atoms with Crippen molar-refractivity contribution in [3.63, 3.8) is 0 Å². The van der Waals surface area contributed by atoms with Crippen LogP contribution in [0.1, 0.15) is 23.2 Å². The van der Waals surface area contributed by atoms with Gasteiger partial charge >= 0.3 is 0 Å². The van der Waals surface area contributed by atoms with Crippen molar-refractivity contribution in [1.29, 1.82) is 0 Å². The maximum Gasteiger partial charge on any atom is 0.255 e. The molecule has 0 radical (unpaired) electrons. The Hall–Kier alpha value is -2.89. The molecule has 0 aromatic heterocycles. The maximum atomic E-state index is 13.2. The molecule has 1 saturated carbocycles. The molecule has 124 valence electrons. The molecule has 0 atom stereocenters. The second-order valence-electron chi connectivity index (χ2n) is 5.64. The van der Waals surface area contributed by atoms with Gasteiger partial charge in [-0.15, -0.1) is 0 Å². The molecule has 0 spiro atoms. The second-order valence-corrected chi connectivity index (χ2v) is 5.64. The van der Waals surface area contributed by atoms with E-state index in [0.29, 0.717) is 16.9 Å². The van der Waals surface area contributed by atoms with Crippen LogP contribution in [0, 0.1) is 11.7 Å². The highest BCUT2D eigenvalue weighted by Crippen LogP contribution is 2.30. The standard InChI is InChI=1S/C18H17FN2O3/c1-24-16-10-13(19)6-9-15(16)21-18(23)12-4-7-14(8-5-12)20-17(22)11-2-3-11/h4-11H,2-3H2,1H3,(H,20,22)(H,21,23). The fourth-order valence-corrected chi connectivity index (χ4v) is 2.26. The lowest BCUT2D eigenvalue weighted by molar-refractivity contribution is -0.117. The van der Waals surface area contributed by atoms with Gasteiger partial charge < -0.3 is 15.4 Å². The van der Waals surface area contributed by atoms with Gasteiger partial charge in [-0.2, -0.15) is 0 Å². The number of carbonyl (C=O) groups is 2. The summed E-state index contributed by atoms with van der Waals surface area (Å²) in [4.78, 5) is 24.0. The molecule has 5 nitrogen and oxygen atoms in total. The Labute approximate surface area is 138 Å². The number of hydrogen-bond acceptors (Lipinski definition) is 3. The number of amides is 2. The van der Waals surface area contributed by atoms with Gasteiger partial charge in [-0.1, -0.05) is 0 Å². The largest absolute Gasteiger partial charge is 0.494 e. The zero-order chi connectivity index (χ0) is 17.1. The Morgan fingerprint density at radius 3 is 2.42 bits per heavy atom. The fourth-order valence-electron chi connectivity index (χ4n) is 2.26. The van der Waals surface area contributed by atoms with Crippen molar-refractivity contribution in [2.75, 3.05) is 17.7 Å². The predicted molar refractivity (Wildman–Crippen MR) is 88.7 cm³/mol. The molecule has 1 aliphatic rings. The third kappa shape index (κ3) is 3.71. The molecule has 0 heterocycles. The van der Waals surface area contributed by atoms with Crippen LogP contribution in [0.3, 0.4) is 0 Å². The van der Waals surface area contributed by atoms with Gasteiger partial charge in [0.2, 0.25) is 5.91 Å². The molecule has 24 heavy (non-hydrogen) atoms. The molecule has 2 N–H and O–H groups in total. The van der Waals surface area contributed by atoms with Gasteiger partial charge in [-0.25, -0.2) is 4.39 Å². The number of rotatable bonds is 5. The summed E-state index contributed by atoms with van der Waals surface area (Å²) in [7, 11) is 1.40. The summed E-state index contributed by atoms with van der Waals surface area (Å²) in [5, 5.41) is 5.49. The van der Waals surface area contributed by atoms with Gasteiger partial charge in [-0.05, 0) is 49.2 Å². The molecule has 1 fully saturated rings. The lowest BCUT2D eigenvalue weighted by Gasteiger charge is -2.10. The number of nitrogens with one attached hydrogen (secondary N) is 2. The summed E-state index contributed by atoms with van der Waals surface area (Å²) >= 11 is 0. The zero-order valence-electron chi connectivity index (χ0n) is 13.1. The molecular formula is C18H17FN2O3. The first-order valence-electron chi connectivity index (χ1n) is 7.62. The fraction of sp³-hybridized carbons (Fsp3) is 0.222. The minimum atomic E-state index is -0.444. The Kier molecular flexibility index (Phi) is 4.46. The average molecular weight is 328 g/mol. The van der Waals surface area contributed by atoms with E-state index >= 15 is 0 Å². The van der Waals surface area contributed by atoms with Crippen LogP contribution >= 0.6 is 0 Å². The minimum absolute atomic E-state index is 0.0169. The monoisotopic (exact) mass is 328 g/mol. The summed E-state index contributed by atoms with van der Waals surface area (Å²) in [5.74, 6) is -0.403. The van der Waals surface area contributed by atoms with Crippen LogP contribution < -0.4 is 15.4 Å². The molecule has 2 aromatic rings. The number of methoxy groups -OCH3 is 1. The van der Waals surface area contributed by atoms with Crippen molar-refractivity contribution in [2.24, 2.45) is 5.92 Å². The molecule has 0 aliphatic heterocycles. The summed E-state index contributed by atoms with van der Waals surface area (Å²) < 4.78 is 18.2. The number of halogens is 1. The number of carbonyl (C=O) groups excluding carboxylic acids is 2. The van der Waals surface area contributed by atoms with Gasteiger partial charge in [0, 0.05) is 23.2 Å². The summed E-state index contributed by atoms with van der Waals surface area (Å²) in [6.45, 7) is 0. The minimum Gasteiger partial charge on any atom is -0.494 e. The van der Waals surface area contributed by atoms with E-state index < -0.39 is 5.82 Å². The van der Waals surface area contributed by atoms with Crippen LogP contribution in [0.25, 0.3) is 0 Å². The van der Waals surface area contributed by atoms with E-state index in [-0.39, 0.29) is 23.5 Å². The molecule has 1 aliphatic carbocycles. The smallest absolute Gasteiger partial charge is 0.255 e. The van der Waals surface area contributed by atoms with Crippen LogP contribution in [-0.2, 0) is 4.79 Å². The Morgan fingerprint density at radius 2 is 1.79 bits per heavy atom. The van der Waals surface area contributed by atoms with Crippen molar-refractivity contribution in [2.45, 2.75) is 12.8 Å². The topological polar surface area (TPSA) is 67.4 Å². The predicted octanol–water partition coefficient (Wildman–Crippen LogP) is 3.44. The maximum absolute atomic E-state index is 13.2. The van der Waals surface area contributed by atoms with E-state index in [2.05, 4.69) is 10.6 Å². The highest BCUT2D eigenvalue weighted by atomic mass is 19.1. The molecule has 0 saturated heterocycles. The molecule has 0 bridgehead atoms. The van der Waals surface area contributed by atoms with E-state index in [1.807, 2.05) is 0 Å². The zero-order valence-corrected chi connectivity index (χ0v) is 13.1. The lowest BCUT2D eigenvalue weighted by atomic mass is 10.1. The molecule has 2 aromatic carbocycles. The van der Waals surface area contributed by atoms with E-state index in [1.54, 1.807) is 24.3 Å². The summed E-state index contributed by atoms with van der Waals surface area (Å²) in [6.07, 6.45) is 1.87. The van der Waals surface area contributed by atoms with Crippen LogP contribution in [-0.4, -0.2) is 18.9 Å². The molecule has 6 heteroatoms. The number of anilines is 2. The number of hydrogen-bond donors (Lipinski definition) is 2. The summed E-state index contributed by atoms with van der Waals surface area (Å²) in [5.41, 5.74) is 1.46. The Balaban J connectivity index is 1.67. The molecule has 3 rings (SSSR count). The van der Waals surface area contributed by atoms with E-state index in [9.17, 15) is 14.0 Å². The van der Waals surface area contributed by atoms with E-state index in [0.717, 1.165) is 12.8 Å². The Bertz CT molecular complexity index is 770. The molecule has 2 amide bonds. The van der Waals surface area contributed by atoms with Gasteiger partial charge in [0.05, 0.1) is 12.8 Å². The van der Waals surface area contributed by atoms with Crippen molar-refractivity contribution < 1.29 is 18.7 Å². The third-order valence-corrected chi connectivity index (χ3v) is 3.77. The third-order valence-electron chi connectivity index (χ3n) is 3.77. The van der Waals surface area contributed by atoms with Crippen LogP contribution in [0.4, 0.5) is 15.8 Å². The van der Waals surface area contributed by atoms with Crippen LogP contribution in [0.15, 0.2) is 42.5 Å². The van der Waals surface area contributed by atoms with Crippen molar-refractivity contribution in [3.8, 4) is 5.75 Å². The first kappa shape index (κ1) is 16.0. The lowest BCUT2D eigenvalue weighted by Crippen LogP contribution is -2.14. The SMILES string of the molecule is COc1cc(F)ccc1NC(=O)c1ccc(NC(=O)C2CC2)cc1. The van der Waals surface area contributed by atoms with Crippen molar-refractivity contribution in [1.82, 2.24) is 0 Å². The van der Waals surface area contributed by atoms with Crippen LogP contribution in [0.2, 0.25) is 0 Å². The second kappa shape index (κ2) is 6.70. The first-order valence-corrected chi connectivity index (χ1v) is 7.62. The highest BCUT2D eigenvalue weighted by Gasteiger charge is 2.29. The van der Waals surface area contributed by atoms with Crippen LogP contribution in [0.5, 0.6) is 5.75 Å².